The van der Waals surface area contributed by atoms with Gasteiger partial charge in [-0.05, 0) is 25.2 Å². The van der Waals surface area contributed by atoms with Gasteiger partial charge in [0.1, 0.15) is 11.3 Å². The van der Waals surface area contributed by atoms with Gasteiger partial charge >= 0.3 is 0 Å². The van der Waals surface area contributed by atoms with Crippen molar-refractivity contribution in [3.63, 3.8) is 0 Å². The van der Waals surface area contributed by atoms with Crippen molar-refractivity contribution >= 4 is 28.5 Å². The summed E-state index contributed by atoms with van der Waals surface area (Å²) in [5, 5.41) is 0.695. The number of rotatable bonds is 2. The lowest BCUT2D eigenvalue weighted by molar-refractivity contribution is 0.312. The molecule has 118 valence electrons. The first-order valence-corrected chi connectivity index (χ1v) is 8.13. The van der Waals surface area contributed by atoms with Crippen LogP contribution in [0.1, 0.15) is 0 Å². The fraction of sp³-hybridized carbons (Fsp3) is 0.294. The predicted molar refractivity (Wildman–Crippen MR) is 94.0 cm³/mol. The largest absolute Gasteiger partial charge is 0.352 e. The van der Waals surface area contributed by atoms with Crippen molar-refractivity contribution in [2.24, 2.45) is 0 Å². The molecule has 0 bridgehead atoms. The minimum Gasteiger partial charge on any atom is -0.352 e. The average molecular weight is 328 g/mol. The van der Waals surface area contributed by atoms with Crippen molar-refractivity contribution in [2.75, 3.05) is 38.1 Å². The molecule has 0 radical (unpaired) electrons. The number of H-pyrrole nitrogens is 1. The number of fused-ring (bicyclic) bond motifs is 1. The van der Waals surface area contributed by atoms with Crippen LogP contribution in [-0.4, -0.2) is 53.1 Å². The maximum Gasteiger partial charge on any atom is 0.156 e. The molecule has 1 N–H and O–H groups in total. The number of hydrogen-bond donors (Lipinski definition) is 1. The minimum absolute atomic E-state index is 0.695. The third-order valence-corrected chi connectivity index (χ3v) is 4.64. The van der Waals surface area contributed by atoms with Gasteiger partial charge in [0.2, 0.25) is 0 Å². The van der Waals surface area contributed by atoms with Gasteiger partial charge < -0.3 is 14.8 Å². The first kappa shape index (κ1) is 14.5. The molecule has 0 atom stereocenters. The fourth-order valence-corrected chi connectivity index (χ4v) is 3.18. The Labute approximate surface area is 139 Å². The maximum atomic E-state index is 6.30. The number of pyridine rings is 1. The van der Waals surface area contributed by atoms with Crippen LogP contribution in [0.4, 0.5) is 5.82 Å². The summed E-state index contributed by atoms with van der Waals surface area (Å²) in [4.78, 5) is 17.4. The van der Waals surface area contributed by atoms with E-state index in [1.54, 1.807) is 0 Å². The fourth-order valence-electron chi connectivity index (χ4n) is 2.95. The highest BCUT2D eigenvalue weighted by Crippen LogP contribution is 2.30. The summed E-state index contributed by atoms with van der Waals surface area (Å²) < 4.78 is 0. The third kappa shape index (κ3) is 2.66. The monoisotopic (exact) mass is 327 g/mol. The number of benzene rings is 1. The first-order chi connectivity index (χ1) is 11.2. The number of piperazine rings is 1. The van der Waals surface area contributed by atoms with E-state index in [2.05, 4.69) is 26.8 Å². The molecule has 23 heavy (non-hydrogen) atoms. The van der Waals surface area contributed by atoms with E-state index in [4.69, 9.17) is 16.6 Å². The van der Waals surface area contributed by atoms with Gasteiger partial charge in [-0.1, -0.05) is 23.7 Å². The molecule has 1 aliphatic rings. The van der Waals surface area contributed by atoms with Crippen LogP contribution in [0, 0.1) is 0 Å². The standard InChI is InChI=1S/C17H18ClN5/c1-22-8-10-23(11-9-22)17-15-14(6-7-19-17)20-16(21-15)12-4-2-3-5-13(12)18/h2-7H,8-11H2,1H3,(H,20,21). The Hall–Kier alpha value is -2.11. The molecule has 1 aliphatic heterocycles. The molecule has 2 aromatic heterocycles. The van der Waals surface area contributed by atoms with Crippen LogP contribution < -0.4 is 4.90 Å². The zero-order chi connectivity index (χ0) is 15.8. The number of nitrogens with zero attached hydrogens (tertiary/aromatic N) is 4. The number of aromatic nitrogens is 3. The molecule has 0 aliphatic carbocycles. The Morgan fingerprint density at radius 2 is 1.87 bits per heavy atom. The summed E-state index contributed by atoms with van der Waals surface area (Å²) in [6, 6.07) is 9.70. The van der Waals surface area contributed by atoms with E-state index in [0.717, 1.165) is 54.4 Å². The van der Waals surface area contributed by atoms with E-state index in [1.807, 2.05) is 36.5 Å². The summed E-state index contributed by atoms with van der Waals surface area (Å²) in [7, 11) is 2.15. The van der Waals surface area contributed by atoms with Crippen LogP contribution in [0.5, 0.6) is 0 Å². The summed E-state index contributed by atoms with van der Waals surface area (Å²) in [5.41, 5.74) is 2.81. The molecule has 0 unspecified atom stereocenters. The molecule has 1 aromatic carbocycles. The van der Waals surface area contributed by atoms with Crippen LogP contribution in [0.3, 0.4) is 0 Å². The second-order valence-electron chi connectivity index (χ2n) is 5.89. The molecule has 5 nitrogen and oxygen atoms in total. The van der Waals surface area contributed by atoms with Crippen molar-refractivity contribution in [1.29, 1.82) is 0 Å². The molecular weight excluding hydrogens is 310 g/mol. The number of likely N-dealkylation sites (N-methyl/N-ethyl adjacent to an activating group) is 1. The van der Waals surface area contributed by atoms with Crippen LogP contribution in [0.25, 0.3) is 22.4 Å². The molecule has 0 spiro atoms. The highest BCUT2D eigenvalue weighted by atomic mass is 35.5. The van der Waals surface area contributed by atoms with Gasteiger partial charge in [-0.3, -0.25) is 0 Å². The van der Waals surface area contributed by atoms with Gasteiger partial charge in [-0.25, -0.2) is 9.97 Å². The van der Waals surface area contributed by atoms with Crippen molar-refractivity contribution in [1.82, 2.24) is 19.9 Å². The number of halogens is 1. The SMILES string of the molecule is CN1CCN(c2nccc3[nH]c(-c4ccccc4Cl)nc23)CC1. The second-order valence-corrected chi connectivity index (χ2v) is 6.29. The molecule has 1 fully saturated rings. The van der Waals surface area contributed by atoms with Gasteiger partial charge in [0.25, 0.3) is 0 Å². The van der Waals surface area contributed by atoms with E-state index >= 15 is 0 Å². The van der Waals surface area contributed by atoms with Crippen molar-refractivity contribution in [3.05, 3.63) is 41.6 Å². The van der Waals surface area contributed by atoms with Crippen molar-refractivity contribution < 1.29 is 0 Å². The Morgan fingerprint density at radius 1 is 1.09 bits per heavy atom. The number of anilines is 1. The zero-order valence-electron chi connectivity index (χ0n) is 13.0. The molecule has 1 saturated heterocycles. The van der Waals surface area contributed by atoms with Gasteiger partial charge in [0.05, 0.1) is 10.5 Å². The van der Waals surface area contributed by atoms with Crippen LogP contribution in [-0.2, 0) is 0 Å². The Balaban J connectivity index is 1.77. The maximum absolute atomic E-state index is 6.30. The summed E-state index contributed by atoms with van der Waals surface area (Å²) in [5.74, 6) is 1.74. The lowest BCUT2D eigenvalue weighted by atomic mass is 10.2. The van der Waals surface area contributed by atoms with E-state index in [1.165, 1.54) is 0 Å². The van der Waals surface area contributed by atoms with Crippen LogP contribution >= 0.6 is 11.6 Å². The zero-order valence-corrected chi connectivity index (χ0v) is 13.7. The number of nitrogens with one attached hydrogen (secondary N) is 1. The Kier molecular flexibility index (Phi) is 3.67. The van der Waals surface area contributed by atoms with Gasteiger partial charge in [0.15, 0.2) is 5.82 Å². The average Bonchev–Trinajstić information content (AvgIpc) is 3.00. The lowest BCUT2D eigenvalue weighted by Crippen LogP contribution is -2.44. The third-order valence-electron chi connectivity index (χ3n) is 4.31. The summed E-state index contributed by atoms with van der Waals surface area (Å²) in [6.45, 7) is 4.02. The van der Waals surface area contributed by atoms with E-state index < -0.39 is 0 Å². The molecular formula is C17H18ClN5. The molecule has 0 saturated carbocycles. The Bertz CT molecular complexity index is 836. The summed E-state index contributed by atoms with van der Waals surface area (Å²) >= 11 is 6.30. The molecule has 4 rings (SSSR count). The van der Waals surface area contributed by atoms with E-state index in [9.17, 15) is 0 Å². The van der Waals surface area contributed by atoms with E-state index in [0.29, 0.717) is 5.02 Å². The van der Waals surface area contributed by atoms with Crippen molar-refractivity contribution in [3.8, 4) is 11.4 Å². The van der Waals surface area contributed by atoms with Gasteiger partial charge in [-0.2, -0.15) is 0 Å². The number of hydrogen-bond acceptors (Lipinski definition) is 4. The second kappa shape index (κ2) is 5.83. The van der Waals surface area contributed by atoms with Gasteiger partial charge in [-0.15, -0.1) is 0 Å². The van der Waals surface area contributed by atoms with E-state index in [-0.39, 0.29) is 0 Å². The lowest BCUT2D eigenvalue weighted by Gasteiger charge is -2.33. The highest BCUT2D eigenvalue weighted by molar-refractivity contribution is 6.33. The molecule has 3 aromatic rings. The number of aromatic amines is 1. The van der Waals surface area contributed by atoms with Gasteiger partial charge in [0, 0.05) is 37.9 Å². The molecule has 0 amide bonds. The number of imidazole rings is 1. The smallest absolute Gasteiger partial charge is 0.156 e. The minimum atomic E-state index is 0.695. The Morgan fingerprint density at radius 3 is 2.65 bits per heavy atom. The highest BCUT2D eigenvalue weighted by Gasteiger charge is 2.19. The van der Waals surface area contributed by atoms with Crippen molar-refractivity contribution in [2.45, 2.75) is 0 Å². The van der Waals surface area contributed by atoms with Crippen LogP contribution in [0.2, 0.25) is 5.02 Å². The summed E-state index contributed by atoms with van der Waals surface area (Å²) in [6.07, 6.45) is 1.84. The normalized spacial score (nSPS) is 16.2. The topological polar surface area (TPSA) is 48.0 Å². The predicted octanol–water partition coefficient (Wildman–Crippen LogP) is 3.03. The first-order valence-electron chi connectivity index (χ1n) is 7.75. The quantitative estimate of drug-likeness (QED) is 0.786. The molecule has 6 heteroatoms. The van der Waals surface area contributed by atoms with Crippen LogP contribution in [0.15, 0.2) is 36.5 Å². The molecule has 3 heterocycles.